The topological polar surface area (TPSA) is 71.5 Å². The van der Waals surface area contributed by atoms with Crippen LogP contribution in [0.1, 0.15) is 11.4 Å². The van der Waals surface area contributed by atoms with Gasteiger partial charge in [-0.15, -0.1) is 0 Å². The number of hydrogen-bond acceptors (Lipinski definition) is 6. The van der Waals surface area contributed by atoms with Crippen molar-refractivity contribution in [2.75, 3.05) is 13.6 Å². The van der Waals surface area contributed by atoms with Crippen LogP contribution < -0.4 is 18.9 Å². The molecule has 0 aliphatic carbocycles. The molecule has 10 heteroatoms. The van der Waals surface area contributed by atoms with Crippen LogP contribution in [-0.2, 0) is 6.42 Å². The second-order valence-electron chi connectivity index (χ2n) is 9.28. The summed E-state index contributed by atoms with van der Waals surface area (Å²) >= 11 is 12.9. The number of aromatic nitrogens is 4. The highest BCUT2D eigenvalue weighted by atomic mass is 35.5. The van der Waals surface area contributed by atoms with E-state index in [9.17, 15) is 0 Å². The molecule has 2 aromatic carbocycles. The van der Waals surface area contributed by atoms with Crippen molar-refractivity contribution in [2.45, 2.75) is 6.42 Å². The average Bonchev–Trinajstić information content (AvgIpc) is 3.73. The van der Waals surface area contributed by atoms with E-state index in [2.05, 4.69) is 0 Å². The third kappa shape index (κ3) is 3.67. The van der Waals surface area contributed by atoms with Crippen LogP contribution in [-0.4, -0.2) is 32.4 Å². The lowest BCUT2D eigenvalue weighted by atomic mass is 10.0. The van der Waals surface area contributed by atoms with E-state index >= 15 is 0 Å². The van der Waals surface area contributed by atoms with Crippen LogP contribution in [0.4, 0.5) is 0 Å². The lowest BCUT2D eigenvalue weighted by molar-refractivity contribution is 0.173. The summed E-state index contributed by atoms with van der Waals surface area (Å²) < 4.78 is 26.4. The number of ether oxygens (including phenoxy) is 4. The van der Waals surface area contributed by atoms with Gasteiger partial charge in [-0.25, -0.2) is 9.97 Å². The van der Waals surface area contributed by atoms with E-state index in [4.69, 9.17) is 52.1 Å². The quantitative estimate of drug-likeness (QED) is 0.241. The highest BCUT2D eigenvalue weighted by molar-refractivity contribution is 6.30. The Kier molecular flexibility index (Phi) is 4.95. The van der Waals surface area contributed by atoms with Gasteiger partial charge in [0.25, 0.3) is 0 Å². The fraction of sp³-hybridized carbons (Fsp3) is 0.103. The van der Waals surface area contributed by atoms with Gasteiger partial charge in [-0.3, -0.25) is 0 Å². The Balaban J connectivity index is 1.35. The summed E-state index contributed by atoms with van der Waals surface area (Å²) in [6.07, 6.45) is 4.24. The lowest BCUT2D eigenvalue weighted by Gasteiger charge is -2.10. The molecule has 192 valence electrons. The Morgan fingerprint density at radius 2 is 1.05 bits per heavy atom. The predicted octanol–water partition coefficient (Wildman–Crippen LogP) is 6.67. The molecule has 0 N–H and O–H groups in total. The molecule has 4 aromatic heterocycles. The maximum atomic E-state index is 6.46. The summed E-state index contributed by atoms with van der Waals surface area (Å²) in [5, 5.41) is 1.21. The molecule has 6 heterocycles. The zero-order chi connectivity index (χ0) is 26.1. The van der Waals surface area contributed by atoms with Crippen molar-refractivity contribution in [3.05, 3.63) is 94.5 Å². The van der Waals surface area contributed by atoms with E-state index in [0.29, 0.717) is 39.5 Å². The first-order valence-electron chi connectivity index (χ1n) is 12.2. The molecule has 0 amide bonds. The lowest BCUT2D eigenvalue weighted by Crippen LogP contribution is -2.02. The zero-order valence-electron chi connectivity index (χ0n) is 20.2. The molecule has 2 aliphatic rings. The molecule has 0 radical (unpaired) electrons. The van der Waals surface area contributed by atoms with Gasteiger partial charge < -0.3 is 27.7 Å². The molecule has 0 atom stereocenters. The second kappa shape index (κ2) is 8.56. The molecule has 0 saturated carbocycles. The van der Waals surface area contributed by atoms with E-state index in [0.717, 1.165) is 45.2 Å². The van der Waals surface area contributed by atoms with E-state index in [-0.39, 0.29) is 13.6 Å². The minimum absolute atomic E-state index is 0.202. The second-order valence-corrected chi connectivity index (χ2v) is 10.2. The van der Waals surface area contributed by atoms with Gasteiger partial charge in [-0.05, 0) is 60.7 Å². The van der Waals surface area contributed by atoms with Gasteiger partial charge in [-0.1, -0.05) is 23.2 Å². The number of pyridine rings is 2. The number of rotatable bonds is 4. The summed E-state index contributed by atoms with van der Waals surface area (Å²) in [5.41, 5.74) is 6.87. The summed E-state index contributed by atoms with van der Waals surface area (Å²) in [4.78, 5) is 9.99. The van der Waals surface area contributed by atoms with Gasteiger partial charge in [0, 0.05) is 29.9 Å². The van der Waals surface area contributed by atoms with Crippen LogP contribution in [0.5, 0.6) is 23.0 Å². The molecule has 0 saturated heterocycles. The molecule has 6 aromatic rings. The van der Waals surface area contributed by atoms with Gasteiger partial charge in [0.2, 0.25) is 13.6 Å². The van der Waals surface area contributed by atoms with Crippen molar-refractivity contribution >= 4 is 34.5 Å². The average molecular weight is 557 g/mol. The first-order chi connectivity index (χ1) is 19.1. The summed E-state index contributed by atoms with van der Waals surface area (Å²) in [7, 11) is 0. The van der Waals surface area contributed by atoms with Crippen LogP contribution in [0.15, 0.2) is 73.1 Å². The summed E-state index contributed by atoms with van der Waals surface area (Å²) in [6, 6.07) is 19.2. The van der Waals surface area contributed by atoms with Crippen molar-refractivity contribution in [1.82, 2.24) is 18.8 Å². The summed E-state index contributed by atoms with van der Waals surface area (Å²) in [5.74, 6) is 2.81. The number of hydrogen-bond donors (Lipinski definition) is 0. The van der Waals surface area contributed by atoms with Gasteiger partial charge in [0.05, 0.1) is 32.8 Å². The molecule has 0 fully saturated rings. The minimum Gasteiger partial charge on any atom is -0.454 e. The van der Waals surface area contributed by atoms with Crippen molar-refractivity contribution in [3.63, 3.8) is 0 Å². The van der Waals surface area contributed by atoms with Gasteiger partial charge in [0.15, 0.2) is 23.0 Å². The Bertz CT molecular complexity index is 1810. The molecule has 2 aliphatic heterocycles. The smallest absolute Gasteiger partial charge is 0.231 e. The summed E-state index contributed by atoms with van der Waals surface area (Å²) in [6.45, 7) is 0.405. The maximum absolute atomic E-state index is 6.46. The fourth-order valence-electron chi connectivity index (χ4n) is 5.18. The molecular weight excluding hydrogens is 539 g/mol. The highest BCUT2D eigenvalue weighted by Gasteiger charge is 2.24. The number of halogens is 2. The van der Waals surface area contributed by atoms with Gasteiger partial charge in [0.1, 0.15) is 11.3 Å². The largest absolute Gasteiger partial charge is 0.454 e. The molecule has 0 spiro atoms. The number of nitrogens with zero attached hydrogens (tertiary/aromatic N) is 4. The Hall–Kier alpha value is -4.40. The van der Waals surface area contributed by atoms with E-state index in [1.165, 1.54) is 0 Å². The standard InChI is InChI=1S/C29H18Cl2N4O4/c30-18-3-7-26-32-28(16-1-5-22-24(9-16)38-14-36-22)20(34(26)12-18)11-21-29(33-27-8-4-19(31)13-35(21)27)17-2-6-23-25(10-17)39-15-37-23/h1-10,12-13H,11,14-15H2. The Morgan fingerprint density at radius 3 is 1.54 bits per heavy atom. The van der Waals surface area contributed by atoms with E-state index in [1.54, 1.807) is 0 Å². The SMILES string of the molecule is Clc1ccc2nc(-c3ccc4c(c3)OCO4)c(Cc3c(-c4ccc5c(c4)OCO5)nc4ccc(Cl)cn34)n2c1. The van der Waals surface area contributed by atoms with Crippen molar-refractivity contribution in [1.29, 1.82) is 0 Å². The van der Waals surface area contributed by atoms with Crippen LogP contribution in [0.25, 0.3) is 33.8 Å². The van der Waals surface area contributed by atoms with Crippen molar-refractivity contribution < 1.29 is 18.9 Å². The van der Waals surface area contributed by atoms with Crippen LogP contribution in [0.3, 0.4) is 0 Å². The van der Waals surface area contributed by atoms with Crippen LogP contribution in [0.2, 0.25) is 10.0 Å². The van der Waals surface area contributed by atoms with E-state index in [1.807, 2.05) is 81.9 Å². The Labute approximate surface area is 231 Å². The van der Waals surface area contributed by atoms with Crippen LogP contribution in [0, 0.1) is 0 Å². The monoisotopic (exact) mass is 556 g/mol. The molecule has 8 nitrogen and oxygen atoms in total. The number of benzene rings is 2. The van der Waals surface area contributed by atoms with Crippen LogP contribution >= 0.6 is 23.2 Å². The predicted molar refractivity (Wildman–Crippen MR) is 146 cm³/mol. The third-order valence-electron chi connectivity index (χ3n) is 6.99. The fourth-order valence-corrected chi connectivity index (χ4v) is 5.50. The number of fused-ring (bicyclic) bond motifs is 4. The first kappa shape index (κ1) is 22.6. The molecular formula is C29H18Cl2N4O4. The molecule has 39 heavy (non-hydrogen) atoms. The minimum atomic E-state index is 0.202. The molecule has 8 rings (SSSR count). The van der Waals surface area contributed by atoms with Gasteiger partial charge in [-0.2, -0.15) is 0 Å². The van der Waals surface area contributed by atoms with Crippen molar-refractivity contribution in [3.8, 4) is 45.5 Å². The Morgan fingerprint density at radius 1 is 0.590 bits per heavy atom. The third-order valence-corrected chi connectivity index (χ3v) is 7.44. The highest BCUT2D eigenvalue weighted by Crippen LogP contribution is 2.40. The normalized spacial score (nSPS) is 13.6. The van der Waals surface area contributed by atoms with E-state index < -0.39 is 0 Å². The maximum Gasteiger partial charge on any atom is 0.231 e. The number of imidazole rings is 2. The van der Waals surface area contributed by atoms with Crippen molar-refractivity contribution in [2.24, 2.45) is 0 Å². The zero-order valence-corrected chi connectivity index (χ0v) is 21.7. The first-order valence-corrected chi connectivity index (χ1v) is 13.0. The molecule has 0 unspecified atom stereocenters. The van der Waals surface area contributed by atoms with Gasteiger partial charge >= 0.3 is 0 Å². The molecule has 0 bridgehead atoms.